The number of amides is 2. The van der Waals surface area contributed by atoms with Gasteiger partial charge in [0, 0.05) is 10.4 Å². The molecule has 0 aromatic heterocycles. The fourth-order valence-electron chi connectivity index (χ4n) is 1.88. The van der Waals surface area contributed by atoms with Crippen molar-refractivity contribution >= 4 is 45.0 Å². The van der Waals surface area contributed by atoms with Crippen molar-refractivity contribution in [2.75, 3.05) is 5.12 Å². The van der Waals surface area contributed by atoms with Crippen LogP contribution in [0.5, 0.6) is 0 Å². The van der Waals surface area contributed by atoms with Crippen molar-refractivity contribution in [2.24, 2.45) is 11.7 Å². The van der Waals surface area contributed by atoms with Gasteiger partial charge in [0.25, 0.3) is 11.8 Å². The van der Waals surface area contributed by atoms with Gasteiger partial charge >= 0.3 is 0 Å². The summed E-state index contributed by atoms with van der Waals surface area (Å²) in [5.74, 6) is -1.87. The van der Waals surface area contributed by atoms with Crippen LogP contribution in [0.15, 0.2) is 16.6 Å². The molecule has 0 aliphatic heterocycles. The van der Waals surface area contributed by atoms with Crippen molar-refractivity contribution in [3.8, 4) is 0 Å². The van der Waals surface area contributed by atoms with E-state index in [-0.39, 0.29) is 27.3 Å². The van der Waals surface area contributed by atoms with E-state index in [4.69, 9.17) is 17.3 Å². The molecule has 7 heteroatoms. The summed E-state index contributed by atoms with van der Waals surface area (Å²) in [6, 6.07) is 2.74. The maximum atomic E-state index is 14.2. The molecule has 1 aromatic carbocycles. The molecule has 0 unspecified atom stereocenters. The third-order valence-corrected chi connectivity index (χ3v) is 3.88. The second-order valence-electron chi connectivity index (χ2n) is 4.39. The number of nitrogens with two attached hydrogens (primary N) is 1. The van der Waals surface area contributed by atoms with Gasteiger partial charge in [0.05, 0.1) is 10.6 Å². The lowest BCUT2D eigenvalue weighted by molar-refractivity contribution is -0.127. The van der Waals surface area contributed by atoms with Crippen LogP contribution in [-0.2, 0) is 4.79 Å². The summed E-state index contributed by atoms with van der Waals surface area (Å²) in [6.45, 7) is 0. The maximum Gasteiger partial charge on any atom is 0.258 e. The van der Waals surface area contributed by atoms with Gasteiger partial charge in [-0.05, 0) is 25.0 Å². The maximum absolute atomic E-state index is 14.2. The minimum Gasteiger partial charge on any atom is -0.366 e. The molecule has 2 amide bonds. The van der Waals surface area contributed by atoms with Gasteiger partial charge in [0.1, 0.15) is 5.69 Å². The normalized spacial score (nSPS) is 14.9. The third kappa shape index (κ3) is 2.74. The number of halogens is 3. The summed E-state index contributed by atoms with van der Waals surface area (Å²) in [5.41, 5.74) is 4.78. The Labute approximate surface area is 122 Å². The minimum atomic E-state index is -0.845. The summed E-state index contributed by atoms with van der Waals surface area (Å²) in [6.07, 6.45) is 2.21. The molecule has 0 spiro atoms. The van der Waals surface area contributed by atoms with Gasteiger partial charge in [-0.1, -0.05) is 38.4 Å². The lowest BCUT2D eigenvalue weighted by atomic mass is 9.84. The number of nitrogens with zero attached hydrogens (tertiary/aromatic N) is 1. The quantitative estimate of drug-likeness (QED) is 0.852. The number of hydrogen-bond donors (Lipinski definition) is 1. The molecule has 2 rings (SSSR count). The number of benzene rings is 1. The molecule has 1 fully saturated rings. The van der Waals surface area contributed by atoms with Gasteiger partial charge in [-0.15, -0.1) is 5.12 Å². The van der Waals surface area contributed by atoms with E-state index in [0.29, 0.717) is 17.3 Å². The number of carbonyl (C=O) groups is 2. The first kappa shape index (κ1) is 14.3. The van der Waals surface area contributed by atoms with Crippen LogP contribution in [0.4, 0.5) is 10.2 Å². The van der Waals surface area contributed by atoms with Gasteiger partial charge in [0.2, 0.25) is 0 Å². The number of primary amides is 1. The van der Waals surface area contributed by atoms with E-state index in [0.717, 1.165) is 6.42 Å². The van der Waals surface area contributed by atoms with E-state index in [9.17, 15) is 14.1 Å². The molecule has 0 saturated heterocycles. The number of carbonyl (C=O) groups excluding carboxylic acids is 2. The Morgan fingerprint density at radius 2 is 2.05 bits per heavy atom. The highest BCUT2D eigenvalue weighted by molar-refractivity contribution is 9.10. The first-order valence-electron chi connectivity index (χ1n) is 5.70. The van der Waals surface area contributed by atoms with Crippen LogP contribution in [0.1, 0.15) is 29.6 Å². The monoisotopic (exact) mass is 348 g/mol. The average molecular weight is 350 g/mol. The average Bonchev–Trinajstić information content (AvgIpc) is 2.24. The second kappa shape index (κ2) is 5.46. The number of hydrogen-bond acceptors (Lipinski definition) is 2. The van der Waals surface area contributed by atoms with E-state index < -0.39 is 11.8 Å². The van der Waals surface area contributed by atoms with Crippen molar-refractivity contribution < 1.29 is 14.1 Å². The fraction of sp³-hybridized carbons (Fsp3) is 0.333. The molecule has 0 radical (unpaired) electrons. The zero-order valence-electron chi connectivity index (χ0n) is 9.83. The highest BCUT2D eigenvalue weighted by atomic mass is 79.9. The third-order valence-electron chi connectivity index (χ3n) is 3.14. The Balaban J connectivity index is 2.42. The topological polar surface area (TPSA) is 63.4 Å². The second-order valence-corrected chi connectivity index (χ2v) is 5.72. The highest BCUT2D eigenvalue weighted by Crippen LogP contribution is 2.37. The molecule has 1 saturated carbocycles. The van der Waals surface area contributed by atoms with E-state index in [1.54, 1.807) is 0 Å². The molecule has 2 N–H and O–H groups in total. The molecule has 0 heterocycles. The van der Waals surface area contributed by atoms with Crippen LogP contribution in [0.25, 0.3) is 0 Å². The number of anilines is 1. The summed E-state index contributed by atoms with van der Waals surface area (Å²) in [5, 5.41) is -0.100. The van der Waals surface area contributed by atoms with Gasteiger partial charge in [-0.3, -0.25) is 9.59 Å². The molecule has 0 bridgehead atoms. The van der Waals surface area contributed by atoms with E-state index in [1.165, 1.54) is 12.1 Å². The van der Waals surface area contributed by atoms with Crippen molar-refractivity contribution in [2.45, 2.75) is 19.3 Å². The highest BCUT2D eigenvalue weighted by Gasteiger charge is 2.33. The molecule has 19 heavy (non-hydrogen) atoms. The van der Waals surface area contributed by atoms with Crippen molar-refractivity contribution in [1.29, 1.82) is 0 Å². The largest absolute Gasteiger partial charge is 0.366 e. The van der Waals surface area contributed by atoms with E-state index >= 15 is 0 Å². The predicted octanol–water partition coefficient (Wildman–Crippen LogP) is 3.22. The molecular formula is C12H11BrClFN2O2. The smallest absolute Gasteiger partial charge is 0.258 e. The Morgan fingerprint density at radius 1 is 1.42 bits per heavy atom. The summed E-state index contributed by atoms with van der Waals surface area (Å²) in [4.78, 5) is 23.2. The first-order valence-corrected chi connectivity index (χ1v) is 6.87. The molecule has 4 nitrogen and oxygen atoms in total. The molecule has 1 aliphatic carbocycles. The Bertz CT molecular complexity index is 549. The van der Waals surface area contributed by atoms with Crippen LogP contribution in [-0.4, -0.2) is 11.8 Å². The van der Waals surface area contributed by atoms with Gasteiger partial charge < -0.3 is 5.73 Å². The van der Waals surface area contributed by atoms with Crippen LogP contribution in [0.3, 0.4) is 0 Å². The van der Waals surface area contributed by atoms with Crippen LogP contribution >= 0.6 is 27.5 Å². The molecular weight excluding hydrogens is 338 g/mol. The van der Waals surface area contributed by atoms with Crippen LogP contribution < -0.4 is 10.9 Å². The summed E-state index contributed by atoms with van der Waals surface area (Å²) < 4.78 is 14.7. The first-order chi connectivity index (χ1) is 8.91. The molecule has 1 aromatic rings. The van der Waals surface area contributed by atoms with Crippen molar-refractivity contribution in [1.82, 2.24) is 0 Å². The van der Waals surface area contributed by atoms with Gasteiger partial charge in [-0.25, -0.2) is 0 Å². The van der Waals surface area contributed by atoms with Crippen LogP contribution in [0, 0.1) is 5.92 Å². The lowest BCUT2D eigenvalue weighted by Gasteiger charge is -2.27. The lowest BCUT2D eigenvalue weighted by Crippen LogP contribution is -2.35. The van der Waals surface area contributed by atoms with Crippen molar-refractivity contribution in [3.63, 3.8) is 0 Å². The predicted molar refractivity (Wildman–Crippen MR) is 73.6 cm³/mol. The molecule has 102 valence electrons. The molecule has 0 atom stereocenters. The Kier molecular flexibility index (Phi) is 4.10. The van der Waals surface area contributed by atoms with E-state index in [1.807, 2.05) is 0 Å². The zero-order valence-corrected chi connectivity index (χ0v) is 12.2. The Morgan fingerprint density at radius 3 is 2.53 bits per heavy atom. The minimum absolute atomic E-state index is 0.0432. The SMILES string of the molecule is NC(=O)c1cc(Br)cc(Cl)c1N(F)C(=O)C1CCC1. The number of rotatable bonds is 3. The summed E-state index contributed by atoms with van der Waals surface area (Å²) >= 11 is 9.05. The van der Waals surface area contributed by atoms with E-state index in [2.05, 4.69) is 15.9 Å². The van der Waals surface area contributed by atoms with Crippen LogP contribution in [0.2, 0.25) is 5.02 Å². The Hall–Kier alpha value is -1.14. The summed E-state index contributed by atoms with van der Waals surface area (Å²) in [7, 11) is 0. The fourth-order valence-corrected chi connectivity index (χ4v) is 2.76. The standard InChI is InChI=1S/C12H11BrClFN2O2/c13-7-4-8(11(16)18)10(9(14)5-7)17(15)12(19)6-2-1-3-6/h4-6H,1-3H2,(H2,16,18). The van der Waals surface area contributed by atoms with Gasteiger partial charge in [-0.2, -0.15) is 0 Å². The van der Waals surface area contributed by atoms with Gasteiger partial charge in [0.15, 0.2) is 0 Å². The van der Waals surface area contributed by atoms with Crippen molar-refractivity contribution in [3.05, 3.63) is 27.2 Å². The molecule has 1 aliphatic rings. The zero-order chi connectivity index (χ0) is 14.2.